The first-order valence-corrected chi connectivity index (χ1v) is 7.00. The van der Waals surface area contributed by atoms with Gasteiger partial charge in [-0.3, -0.25) is 4.79 Å². The summed E-state index contributed by atoms with van der Waals surface area (Å²) in [5, 5.41) is 2.82. The molecule has 0 aliphatic carbocycles. The van der Waals surface area contributed by atoms with Crippen molar-refractivity contribution in [3.8, 4) is 0 Å². The van der Waals surface area contributed by atoms with E-state index in [1.807, 2.05) is 27.7 Å². The second-order valence-corrected chi connectivity index (χ2v) is 5.91. The molecular weight excluding hydrogens is 256 g/mol. The normalized spacial score (nSPS) is 12.4. The van der Waals surface area contributed by atoms with Crippen molar-refractivity contribution in [1.29, 1.82) is 0 Å². The number of hydrogen-bond acceptors (Lipinski definition) is 3. The van der Waals surface area contributed by atoms with Crippen molar-refractivity contribution in [1.82, 2.24) is 10.2 Å². The van der Waals surface area contributed by atoms with Gasteiger partial charge in [-0.25, -0.2) is 4.79 Å². The van der Waals surface area contributed by atoms with Gasteiger partial charge in [0, 0.05) is 26.1 Å². The molecule has 0 fully saturated rings. The van der Waals surface area contributed by atoms with E-state index < -0.39 is 5.60 Å². The van der Waals surface area contributed by atoms with Gasteiger partial charge in [0.15, 0.2) is 0 Å². The minimum absolute atomic E-state index is 0.00422. The summed E-state index contributed by atoms with van der Waals surface area (Å²) in [6.45, 7) is 11.6. The number of hydrogen-bond donors (Lipinski definition) is 1. The molecule has 0 saturated carbocycles. The maximum Gasteiger partial charge on any atom is 0.410 e. The zero-order valence-electron chi connectivity index (χ0n) is 13.4. The molecule has 0 saturated heterocycles. The monoisotopic (exact) mass is 284 g/mol. The fourth-order valence-electron chi connectivity index (χ4n) is 1.45. The Morgan fingerprint density at radius 1 is 1.40 bits per heavy atom. The summed E-state index contributed by atoms with van der Waals surface area (Å²) in [7, 11) is 1.71. The van der Waals surface area contributed by atoms with Crippen LogP contribution in [0.1, 0.15) is 47.0 Å². The van der Waals surface area contributed by atoms with Crippen LogP contribution in [-0.4, -0.2) is 42.1 Å². The molecule has 0 radical (unpaired) electrons. The van der Waals surface area contributed by atoms with Crippen LogP contribution in [0.5, 0.6) is 0 Å². The van der Waals surface area contributed by atoms with Crippen LogP contribution in [0.4, 0.5) is 4.79 Å². The Morgan fingerprint density at radius 3 is 2.50 bits per heavy atom. The van der Waals surface area contributed by atoms with E-state index in [0.29, 0.717) is 25.8 Å². The smallest absolute Gasteiger partial charge is 0.410 e. The highest BCUT2D eigenvalue weighted by Gasteiger charge is 2.22. The molecule has 0 aromatic carbocycles. The summed E-state index contributed by atoms with van der Waals surface area (Å²) >= 11 is 0. The molecule has 1 atom stereocenters. The van der Waals surface area contributed by atoms with Crippen LogP contribution >= 0.6 is 0 Å². The van der Waals surface area contributed by atoms with Crippen LogP contribution in [0.25, 0.3) is 0 Å². The standard InChI is InChI=1S/C15H28N2O3/c1-7-8-9-13(18)16-11-10-12(2)17(6)14(19)20-15(3,4)5/h7,12H,1,8-11H2,2-6H3,(H,16,18)/t12-/m0/s1. The third-order valence-corrected chi connectivity index (χ3v) is 2.80. The number of ether oxygens (including phenoxy) is 1. The lowest BCUT2D eigenvalue weighted by Crippen LogP contribution is -2.41. The number of carbonyl (C=O) groups excluding carboxylic acids is 2. The van der Waals surface area contributed by atoms with Gasteiger partial charge in [-0.05, 0) is 40.5 Å². The quantitative estimate of drug-likeness (QED) is 0.731. The molecule has 0 unspecified atom stereocenters. The van der Waals surface area contributed by atoms with Crippen molar-refractivity contribution in [2.45, 2.75) is 58.6 Å². The number of amides is 2. The molecule has 0 rings (SSSR count). The van der Waals surface area contributed by atoms with Gasteiger partial charge in [-0.15, -0.1) is 6.58 Å². The van der Waals surface area contributed by atoms with Crippen LogP contribution in [0.3, 0.4) is 0 Å². The van der Waals surface area contributed by atoms with Crippen LogP contribution in [0, 0.1) is 0 Å². The Labute approximate surface area is 122 Å². The molecule has 0 aliphatic rings. The molecule has 5 heteroatoms. The number of rotatable bonds is 7. The lowest BCUT2D eigenvalue weighted by Gasteiger charge is -2.28. The molecule has 20 heavy (non-hydrogen) atoms. The van der Waals surface area contributed by atoms with Crippen LogP contribution in [0.2, 0.25) is 0 Å². The van der Waals surface area contributed by atoms with Crippen molar-refractivity contribution in [3.63, 3.8) is 0 Å². The number of nitrogens with one attached hydrogen (secondary N) is 1. The Morgan fingerprint density at radius 2 is 2.00 bits per heavy atom. The molecule has 0 aromatic rings. The zero-order chi connectivity index (χ0) is 15.8. The van der Waals surface area contributed by atoms with E-state index in [4.69, 9.17) is 4.74 Å². The first-order chi connectivity index (χ1) is 9.17. The van der Waals surface area contributed by atoms with Gasteiger partial charge in [-0.2, -0.15) is 0 Å². The Bertz CT molecular complexity index is 335. The molecule has 0 heterocycles. The Hall–Kier alpha value is -1.52. The third kappa shape index (κ3) is 8.56. The minimum Gasteiger partial charge on any atom is -0.444 e. The minimum atomic E-state index is -0.496. The summed E-state index contributed by atoms with van der Waals surface area (Å²) in [6.07, 6.45) is 3.20. The fourth-order valence-corrected chi connectivity index (χ4v) is 1.45. The van der Waals surface area contributed by atoms with Crippen molar-refractivity contribution >= 4 is 12.0 Å². The second kappa shape index (κ2) is 8.61. The zero-order valence-corrected chi connectivity index (χ0v) is 13.4. The molecule has 0 aliphatic heterocycles. The predicted molar refractivity (Wildman–Crippen MR) is 80.5 cm³/mol. The Balaban J connectivity index is 4.02. The number of allylic oxidation sites excluding steroid dienone is 1. The van der Waals surface area contributed by atoms with E-state index in [2.05, 4.69) is 11.9 Å². The fraction of sp³-hybridized carbons (Fsp3) is 0.733. The van der Waals surface area contributed by atoms with Gasteiger partial charge in [0.05, 0.1) is 0 Å². The van der Waals surface area contributed by atoms with E-state index in [1.54, 1.807) is 18.0 Å². The molecular formula is C15H28N2O3. The first kappa shape index (κ1) is 18.5. The van der Waals surface area contributed by atoms with Crippen LogP contribution < -0.4 is 5.32 Å². The highest BCUT2D eigenvalue weighted by atomic mass is 16.6. The van der Waals surface area contributed by atoms with Gasteiger partial charge in [0.1, 0.15) is 5.60 Å². The van der Waals surface area contributed by atoms with E-state index in [9.17, 15) is 9.59 Å². The van der Waals surface area contributed by atoms with Gasteiger partial charge >= 0.3 is 6.09 Å². The maximum absolute atomic E-state index is 11.8. The van der Waals surface area contributed by atoms with Crippen LogP contribution in [-0.2, 0) is 9.53 Å². The molecule has 5 nitrogen and oxygen atoms in total. The highest BCUT2D eigenvalue weighted by molar-refractivity contribution is 5.75. The second-order valence-electron chi connectivity index (χ2n) is 5.91. The van der Waals surface area contributed by atoms with Crippen molar-refractivity contribution in [3.05, 3.63) is 12.7 Å². The number of carbonyl (C=O) groups is 2. The van der Waals surface area contributed by atoms with Crippen molar-refractivity contribution in [2.75, 3.05) is 13.6 Å². The topological polar surface area (TPSA) is 58.6 Å². The largest absolute Gasteiger partial charge is 0.444 e. The van der Waals surface area contributed by atoms with E-state index in [0.717, 1.165) is 0 Å². The first-order valence-electron chi connectivity index (χ1n) is 7.00. The maximum atomic E-state index is 11.8. The Kier molecular flexibility index (Phi) is 7.96. The molecule has 0 spiro atoms. The SMILES string of the molecule is C=CCCC(=O)NCC[C@H](C)N(C)C(=O)OC(C)(C)C. The molecule has 0 aromatic heterocycles. The predicted octanol–water partition coefficient (Wildman–Crippen LogP) is 2.71. The molecule has 0 bridgehead atoms. The van der Waals surface area contributed by atoms with Crippen molar-refractivity contribution in [2.24, 2.45) is 0 Å². The summed E-state index contributed by atoms with van der Waals surface area (Å²) in [5.41, 5.74) is -0.496. The summed E-state index contributed by atoms with van der Waals surface area (Å²) in [5.74, 6) is 0.0111. The van der Waals surface area contributed by atoms with Crippen LogP contribution in [0.15, 0.2) is 12.7 Å². The van der Waals surface area contributed by atoms with Gasteiger partial charge in [0.25, 0.3) is 0 Å². The highest BCUT2D eigenvalue weighted by Crippen LogP contribution is 2.11. The summed E-state index contributed by atoms with van der Waals surface area (Å²) in [4.78, 5) is 24.8. The summed E-state index contributed by atoms with van der Waals surface area (Å²) in [6, 6.07) is 0.00422. The average molecular weight is 284 g/mol. The van der Waals surface area contributed by atoms with Gasteiger partial charge in [-0.1, -0.05) is 6.08 Å². The van der Waals surface area contributed by atoms with E-state index in [-0.39, 0.29) is 18.0 Å². The average Bonchev–Trinajstić information content (AvgIpc) is 2.33. The van der Waals surface area contributed by atoms with Crippen molar-refractivity contribution < 1.29 is 14.3 Å². The molecule has 2 amide bonds. The summed E-state index contributed by atoms with van der Waals surface area (Å²) < 4.78 is 5.29. The molecule has 116 valence electrons. The lowest BCUT2D eigenvalue weighted by molar-refractivity contribution is -0.121. The number of nitrogens with zero attached hydrogens (tertiary/aromatic N) is 1. The van der Waals surface area contributed by atoms with E-state index in [1.165, 1.54) is 0 Å². The third-order valence-electron chi connectivity index (χ3n) is 2.80. The lowest BCUT2D eigenvalue weighted by atomic mass is 10.2. The van der Waals surface area contributed by atoms with Gasteiger partial charge in [0.2, 0.25) is 5.91 Å². The molecule has 1 N–H and O–H groups in total. The van der Waals surface area contributed by atoms with E-state index >= 15 is 0 Å². The van der Waals surface area contributed by atoms with Gasteiger partial charge < -0.3 is 15.0 Å².